The molecule has 7 nitrogen and oxygen atoms in total. The second-order valence-electron chi connectivity index (χ2n) is 8.83. The van der Waals surface area contributed by atoms with Crippen LogP contribution in [0.2, 0.25) is 0 Å². The third-order valence-corrected chi connectivity index (χ3v) is 6.45. The summed E-state index contributed by atoms with van der Waals surface area (Å²) < 4.78 is 10.6. The third-order valence-electron chi connectivity index (χ3n) is 6.45. The highest BCUT2D eigenvalue weighted by molar-refractivity contribution is 5.74. The molecule has 3 aromatic carbocycles. The number of hydrogen-bond acceptors (Lipinski definition) is 5. The van der Waals surface area contributed by atoms with E-state index in [-0.39, 0.29) is 12.1 Å². The van der Waals surface area contributed by atoms with E-state index in [0.717, 1.165) is 24.2 Å². The van der Waals surface area contributed by atoms with E-state index in [0.29, 0.717) is 24.6 Å². The fraction of sp³-hybridized carbons (Fsp3) is 0.321. The van der Waals surface area contributed by atoms with Crippen LogP contribution in [0.25, 0.3) is 0 Å². The highest BCUT2D eigenvalue weighted by Crippen LogP contribution is 2.35. The Morgan fingerprint density at radius 3 is 2.43 bits per heavy atom. The summed E-state index contributed by atoms with van der Waals surface area (Å²) in [5.41, 5.74) is 5.84. The number of anilines is 2. The van der Waals surface area contributed by atoms with E-state index in [9.17, 15) is 4.79 Å². The SMILES string of the molecule is COc1ccc(CNC(=O)NCC(c2ccc(N(C)C)cc2)N2CCc3ccccc32)cc1OC. The van der Waals surface area contributed by atoms with Crippen molar-refractivity contribution in [3.63, 3.8) is 0 Å². The smallest absolute Gasteiger partial charge is 0.315 e. The van der Waals surface area contributed by atoms with Gasteiger partial charge >= 0.3 is 6.03 Å². The lowest BCUT2D eigenvalue weighted by atomic mass is 10.0. The standard InChI is InChI=1S/C28H34N4O3/c1-31(2)23-12-10-22(11-13-23)25(32-16-15-21-7-5-6-8-24(21)32)19-30-28(33)29-18-20-9-14-26(34-3)27(17-20)35-4/h5-14,17,25H,15-16,18-19H2,1-4H3,(H2,29,30,33). The van der Waals surface area contributed by atoms with E-state index in [1.165, 1.54) is 16.8 Å². The first-order valence-corrected chi connectivity index (χ1v) is 11.8. The topological polar surface area (TPSA) is 66.1 Å². The van der Waals surface area contributed by atoms with Crippen molar-refractivity contribution in [1.82, 2.24) is 10.6 Å². The summed E-state index contributed by atoms with van der Waals surface area (Å²) in [4.78, 5) is 17.2. The largest absolute Gasteiger partial charge is 0.493 e. The van der Waals surface area contributed by atoms with Crippen LogP contribution in [0, 0.1) is 0 Å². The van der Waals surface area contributed by atoms with E-state index in [2.05, 4.69) is 69.0 Å². The predicted molar refractivity (Wildman–Crippen MR) is 141 cm³/mol. The first kappa shape index (κ1) is 24.3. The van der Waals surface area contributed by atoms with Crippen LogP contribution in [0.15, 0.2) is 66.7 Å². The molecule has 3 aromatic rings. The number of amides is 2. The number of carbonyl (C=O) groups excluding carboxylic acids is 1. The van der Waals surface area contributed by atoms with Gasteiger partial charge in [0.15, 0.2) is 11.5 Å². The zero-order valence-corrected chi connectivity index (χ0v) is 20.9. The molecule has 2 amide bonds. The molecule has 0 radical (unpaired) electrons. The normalized spacial score (nSPS) is 13.1. The van der Waals surface area contributed by atoms with Crippen LogP contribution in [0.3, 0.4) is 0 Å². The van der Waals surface area contributed by atoms with Gasteiger partial charge in [0.1, 0.15) is 0 Å². The number of fused-ring (bicyclic) bond motifs is 1. The van der Waals surface area contributed by atoms with E-state index in [4.69, 9.17) is 9.47 Å². The van der Waals surface area contributed by atoms with Gasteiger partial charge in [-0.2, -0.15) is 0 Å². The van der Waals surface area contributed by atoms with Crippen LogP contribution in [0.4, 0.5) is 16.2 Å². The second-order valence-corrected chi connectivity index (χ2v) is 8.83. The van der Waals surface area contributed by atoms with Crippen molar-refractivity contribution in [2.24, 2.45) is 0 Å². The molecular formula is C28H34N4O3. The molecule has 35 heavy (non-hydrogen) atoms. The molecule has 4 rings (SSSR count). The van der Waals surface area contributed by atoms with E-state index < -0.39 is 0 Å². The average molecular weight is 475 g/mol. The summed E-state index contributed by atoms with van der Waals surface area (Å²) in [5.74, 6) is 1.30. The Labute approximate surface area is 207 Å². The number of carbonyl (C=O) groups is 1. The van der Waals surface area contributed by atoms with Gasteiger partial charge in [0, 0.05) is 45.1 Å². The molecule has 0 saturated carbocycles. The van der Waals surface area contributed by atoms with Gasteiger partial charge in [0.25, 0.3) is 0 Å². The van der Waals surface area contributed by atoms with Crippen LogP contribution >= 0.6 is 0 Å². The van der Waals surface area contributed by atoms with Crippen molar-refractivity contribution < 1.29 is 14.3 Å². The summed E-state index contributed by atoms with van der Waals surface area (Å²) in [6.45, 7) is 1.81. The van der Waals surface area contributed by atoms with Gasteiger partial charge in [-0.15, -0.1) is 0 Å². The van der Waals surface area contributed by atoms with Crippen LogP contribution in [0.5, 0.6) is 11.5 Å². The Hall–Kier alpha value is -3.87. The number of benzene rings is 3. The number of rotatable bonds is 9. The molecule has 0 saturated heterocycles. The maximum atomic E-state index is 12.7. The van der Waals surface area contributed by atoms with Gasteiger partial charge in [0.2, 0.25) is 0 Å². The van der Waals surface area contributed by atoms with E-state index in [1.54, 1.807) is 14.2 Å². The molecular weight excluding hydrogens is 440 g/mol. The number of nitrogens with zero attached hydrogens (tertiary/aromatic N) is 2. The maximum absolute atomic E-state index is 12.7. The first-order valence-electron chi connectivity index (χ1n) is 11.8. The Bertz CT molecular complexity index is 1150. The quantitative estimate of drug-likeness (QED) is 0.482. The Kier molecular flexibility index (Phi) is 7.65. The molecule has 7 heteroatoms. The van der Waals surface area contributed by atoms with Crippen LogP contribution < -0.4 is 29.9 Å². The third kappa shape index (κ3) is 5.62. The van der Waals surface area contributed by atoms with Crippen molar-refractivity contribution in [2.75, 3.05) is 51.2 Å². The van der Waals surface area contributed by atoms with Crippen LogP contribution in [0.1, 0.15) is 22.7 Å². The van der Waals surface area contributed by atoms with Crippen LogP contribution in [-0.4, -0.2) is 47.4 Å². The molecule has 0 aliphatic carbocycles. The molecule has 1 aliphatic rings. The van der Waals surface area contributed by atoms with Crippen molar-refractivity contribution >= 4 is 17.4 Å². The Morgan fingerprint density at radius 1 is 0.971 bits per heavy atom. The lowest BCUT2D eigenvalue weighted by Crippen LogP contribution is -2.41. The van der Waals surface area contributed by atoms with Gasteiger partial charge in [-0.05, 0) is 53.4 Å². The van der Waals surface area contributed by atoms with E-state index in [1.807, 2.05) is 32.3 Å². The molecule has 0 bridgehead atoms. The highest BCUT2D eigenvalue weighted by atomic mass is 16.5. The maximum Gasteiger partial charge on any atom is 0.315 e. The monoisotopic (exact) mass is 474 g/mol. The van der Waals surface area contributed by atoms with Crippen molar-refractivity contribution in [2.45, 2.75) is 19.0 Å². The molecule has 1 aliphatic heterocycles. The number of ether oxygens (including phenoxy) is 2. The van der Waals surface area contributed by atoms with Crippen LogP contribution in [-0.2, 0) is 13.0 Å². The molecule has 0 fully saturated rings. The summed E-state index contributed by atoms with van der Waals surface area (Å²) >= 11 is 0. The molecule has 1 atom stereocenters. The highest BCUT2D eigenvalue weighted by Gasteiger charge is 2.27. The second kappa shape index (κ2) is 11.0. The number of nitrogens with one attached hydrogen (secondary N) is 2. The molecule has 0 spiro atoms. The van der Waals surface area contributed by atoms with Crippen molar-refractivity contribution in [3.8, 4) is 11.5 Å². The minimum Gasteiger partial charge on any atom is -0.493 e. The van der Waals surface area contributed by atoms with E-state index >= 15 is 0 Å². The number of hydrogen-bond donors (Lipinski definition) is 2. The predicted octanol–water partition coefficient (Wildman–Crippen LogP) is 4.37. The van der Waals surface area contributed by atoms with Gasteiger partial charge in [-0.3, -0.25) is 0 Å². The molecule has 0 aromatic heterocycles. The lowest BCUT2D eigenvalue weighted by Gasteiger charge is -2.31. The van der Waals surface area contributed by atoms with Crippen molar-refractivity contribution in [3.05, 3.63) is 83.4 Å². The zero-order valence-electron chi connectivity index (χ0n) is 20.9. The Balaban J connectivity index is 1.45. The number of methoxy groups -OCH3 is 2. The molecule has 1 unspecified atom stereocenters. The minimum absolute atomic E-state index is 0.0293. The fourth-order valence-corrected chi connectivity index (χ4v) is 4.51. The summed E-state index contributed by atoms with van der Waals surface area (Å²) in [7, 11) is 7.27. The van der Waals surface area contributed by atoms with Crippen molar-refractivity contribution in [1.29, 1.82) is 0 Å². The summed E-state index contributed by atoms with van der Waals surface area (Å²) in [6.07, 6.45) is 1.01. The Morgan fingerprint density at radius 2 is 1.71 bits per heavy atom. The summed E-state index contributed by atoms with van der Waals surface area (Å²) in [5, 5.41) is 6.05. The average Bonchev–Trinajstić information content (AvgIpc) is 3.31. The molecule has 1 heterocycles. The lowest BCUT2D eigenvalue weighted by molar-refractivity contribution is 0.239. The zero-order chi connectivity index (χ0) is 24.8. The minimum atomic E-state index is -0.206. The number of para-hydroxylation sites is 1. The first-order chi connectivity index (χ1) is 17.0. The molecule has 2 N–H and O–H groups in total. The van der Waals surface area contributed by atoms with Gasteiger partial charge in [-0.25, -0.2) is 4.79 Å². The fourth-order valence-electron chi connectivity index (χ4n) is 4.51. The number of urea groups is 1. The van der Waals surface area contributed by atoms with Gasteiger partial charge in [-0.1, -0.05) is 36.4 Å². The van der Waals surface area contributed by atoms with Gasteiger partial charge in [0.05, 0.1) is 20.3 Å². The summed E-state index contributed by atoms with van der Waals surface area (Å²) in [6, 6.07) is 22.5. The van der Waals surface area contributed by atoms with Gasteiger partial charge < -0.3 is 29.9 Å². The molecule has 184 valence electrons.